The second kappa shape index (κ2) is 6.42. The first kappa shape index (κ1) is 14.4. The Labute approximate surface area is 118 Å². The normalized spacial score (nSPS) is 18.9. The van der Waals surface area contributed by atoms with Crippen molar-refractivity contribution >= 4 is 5.69 Å². The Morgan fingerprint density at radius 3 is 2.42 bits per heavy atom. The highest BCUT2D eigenvalue weighted by atomic mass is 15.1. The van der Waals surface area contributed by atoms with E-state index < -0.39 is 0 Å². The van der Waals surface area contributed by atoms with Crippen LogP contribution in [0.5, 0.6) is 0 Å². The molecule has 1 aromatic rings. The van der Waals surface area contributed by atoms with Gasteiger partial charge in [0.05, 0.1) is 0 Å². The molecule has 0 saturated carbocycles. The molecule has 0 bridgehead atoms. The number of hydrogen-bond donors (Lipinski definition) is 1. The van der Waals surface area contributed by atoms with Gasteiger partial charge in [-0.25, -0.2) is 0 Å². The number of piperidine rings is 1. The molecular formula is C17H28N2. The van der Waals surface area contributed by atoms with Crippen molar-refractivity contribution in [2.45, 2.75) is 46.1 Å². The Kier molecular flexibility index (Phi) is 4.87. The second-order valence-electron chi connectivity index (χ2n) is 6.14. The van der Waals surface area contributed by atoms with Crippen molar-refractivity contribution in [2.75, 3.05) is 18.0 Å². The van der Waals surface area contributed by atoms with E-state index in [9.17, 15) is 0 Å². The van der Waals surface area contributed by atoms with Gasteiger partial charge in [0.2, 0.25) is 0 Å². The smallest absolute Gasteiger partial charge is 0.0414 e. The fourth-order valence-electron chi connectivity index (χ4n) is 3.12. The Morgan fingerprint density at radius 1 is 1.21 bits per heavy atom. The molecule has 1 fully saturated rings. The van der Waals surface area contributed by atoms with Gasteiger partial charge in [-0.1, -0.05) is 39.0 Å². The van der Waals surface area contributed by atoms with Crippen molar-refractivity contribution in [3.63, 3.8) is 0 Å². The fourth-order valence-corrected chi connectivity index (χ4v) is 3.12. The minimum absolute atomic E-state index is 0.166. The van der Waals surface area contributed by atoms with Gasteiger partial charge in [0, 0.05) is 24.8 Å². The molecule has 0 spiro atoms. The first-order chi connectivity index (χ1) is 9.13. The molecule has 1 atom stereocenters. The first-order valence-corrected chi connectivity index (χ1v) is 7.73. The van der Waals surface area contributed by atoms with E-state index in [-0.39, 0.29) is 6.04 Å². The monoisotopic (exact) mass is 260 g/mol. The van der Waals surface area contributed by atoms with Gasteiger partial charge in [-0.2, -0.15) is 0 Å². The summed E-state index contributed by atoms with van der Waals surface area (Å²) in [5.41, 5.74) is 8.92. The highest BCUT2D eigenvalue weighted by molar-refractivity contribution is 5.55. The molecule has 106 valence electrons. The third-order valence-corrected chi connectivity index (χ3v) is 4.60. The molecule has 1 heterocycles. The summed E-state index contributed by atoms with van der Waals surface area (Å²) in [6, 6.07) is 8.84. The van der Waals surface area contributed by atoms with Crippen LogP contribution in [0.4, 0.5) is 5.69 Å². The van der Waals surface area contributed by atoms with E-state index in [2.05, 4.69) is 49.9 Å². The molecule has 2 N–H and O–H groups in total. The third-order valence-electron chi connectivity index (χ3n) is 4.60. The van der Waals surface area contributed by atoms with Crippen LogP contribution in [0, 0.1) is 11.8 Å². The van der Waals surface area contributed by atoms with Gasteiger partial charge in [-0.15, -0.1) is 0 Å². The van der Waals surface area contributed by atoms with Crippen LogP contribution in [0.2, 0.25) is 0 Å². The lowest BCUT2D eigenvalue weighted by molar-refractivity contribution is 0.311. The van der Waals surface area contributed by atoms with Gasteiger partial charge in [0.1, 0.15) is 0 Å². The quantitative estimate of drug-likeness (QED) is 0.887. The molecule has 0 aliphatic carbocycles. The average molecular weight is 260 g/mol. The van der Waals surface area contributed by atoms with Crippen LogP contribution in [0.1, 0.15) is 51.6 Å². The minimum atomic E-state index is 0.166. The van der Waals surface area contributed by atoms with Crippen LogP contribution >= 0.6 is 0 Å². The number of benzene rings is 1. The Morgan fingerprint density at radius 2 is 1.84 bits per heavy atom. The third kappa shape index (κ3) is 3.30. The number of hydrogen-bond acceptors (Lipinski definition) is 2. The van der Waals surface area contributed by atoms with E-state index >= 15 is 0 Å². The summed E-state index contributed by atoms with van der Waals surface area (Å²) in [6.45, 7) is 9.21. The van der Waals surface area contributed by atoms with E-state index in [4.69, 9.17) is 5.73 Å². The molecule has 2 heteroatoms. The van der Waals surface area contributed by atoms with Crippen molar-refractivity contribution in [3.05, 3.63) is 29.8 Å². The molecule has 1 aliphatic rings. The van der Waals surface area contributed by atoms with E-state index in [0.717, 1.165) is 18.3 Å². The Balaban J connectivity index is 2.11. The largest absolute Gasteiger partial charge is 0.371 e. The topological polar surface area (TPSA) is 29.3 Å². The summed E-state index contributed by atoms with van der Waals surface area (Å²) in [6.07, 6.45) is 3.63. The van der Waals surface area contributed by atoms with Gasteiger partial charge in [-0.3, -0.25) is 0 Å². The average Bonchev–Trinajstić information content (AvgIpc) is 2.46. The summed E-state index contributed by atoms with van der Waals surface area (Å²) in [5, 5.41) is 0. The SMILES string of the molecule is CCC(N)c1ccccc1N1CCC(C(C)C)CC1. The van der Waals surface area contributed by atoms with Gasteiger partial charge in [-0.05, 0) is 42.7 Å². The molecule has 2 rings (SSSR count). The van der Waals surface area contributed by atoms with Crippen LogP contribution < -0.4 is 10.6 Å². The lowest BCUT2D eigenvalue weighted by Crippen LogP contribution is -2.36. The zero-order chi connectivity index (χ0) is 13.8. The summed E-state index contributed by atoms with van der Waals surface area (Å²) >= 11 is 0. The predicted molar refractivity (Wildman–Crippen MR) is 83.4 cm³/mol. The molecular weight excluding hydrogens is 232 g/mol. The van der Waals surface area contributed by atoms with Gasteiger partial charge in [0.15, 0.2) is 0 Å². The van der Waals surface area contributed by atoms with Crippen molar-refractivity contribution in [2.24, 2.45) is 17.6 Å². The fraction of sp³-hybridized carbons (Fsp3) is 0.647. The Bertz CT molecular complexity index is 392. The summed E-state index contributed by atoms with van der Waals surface area (Å²) in [5.74, 6) is 1.71. The maximum absolute atomic E-state index is 6.25. The zero-order valence-electron chi connectivity index (χ0n) is 12.6. The van der Waals surface area contributed by atoms with E-state index in [1.54, 1.807) is 0 Å². The lowest BCUT2D eigenvalue weighted by Gasteiger charge is -2.37. The minimum Gasteiger partial charge on any atom is -0.371 e. The molecule has 1 aliphatic heterocycles. The standard InChI is InChI=1S/C17H28N2/c1-4-16(18)15-7-5-6-8-17(15)19-11-9-14(10-12-19)13(2)3/h5-8,13-14,16H,4,9-12,18H2,1-3H3. The number of rotatable bonds is 4. The molecule has 0 aromatic heterocycles. The molecule has 0 radical (unpaired) electrons. The molecule has 1 aromatic carbocycles. The van der Waals surface area contributed by atoms with Crippen LogP contribution in [-0.2, 0) is 0 Å². The van der Waals surface area contributed by atoms with Gasteiger partial charge >= 0.3 is 0 Å². The van der Waals surface area contributed by atoms with E-state index in [0.29, 0.717) is 0 Å². The number of para-hydroxylation sites is 1. The molecule has 19 heavy (non-hydrogen) atoms. The zero-order valence-corrected chi connectivity index (χ0v) is 12.6. The highest BCUT2D eigenvalue weighted by Gasteiger charge is 2.23. The second-order valence-corrected chi connectivity index (χ2v) is 6.14. The van der Waals surface area contributed by atoms with Crippen LogP contribution in [0.25, 0.3) is 0 Å². The number of anilines is 1. The number of nitrogens with zero attached hydrogens (tertiary/aromatic N) is 1. The summed E-state index contributed by atoms with van der Waals surface area (Å²) in [7, 11) is 0. The Hall–Kier alpha value is -1.02. The summed E-state index contributed by atoms with van der Waals surface area (Å²) < 4.78 is 0. The van der Waals surface area contributed by atoms with E-state index in [1.807, 2.05) is 0 Å². The van der Waals surface area contributed by atoms with Crippen molar-refractivity contribution < 1.29 is 0 Å². The maximum Gasteiger partial charge on any atom is 0.0414 e. The molecule has 2 nitrogen and oxygen atoms in total. The van der Waals surface area contributed by atoms with Crippen molar-refractivity contribution in [3.8, 4) is 0 Å². The van der Waals surface area contributed by atoms with Gasteiger partial charge in [0.25, 0.3) is 0 Å². The van der Waals surface area contributed by atoms with Crippen LogP contribution in [0.15, 0.2) is 24.3 Å². The highest BCUT2D eigenvalue weighted by Crippen LogP contribution is 2.32. The summed E-state index contributed by atoms with van der Waals surface area (Å²) in [4.78, 5) is 2.53. The van der Waals surface area contributed by atoms with Crippen LogP contribution in [0.3, 0.4) is 0 Å². The molecule has 0 amide bonds. The van der Waals surface area contributed by atoms with Crippen molar-refractivity contribution in [1.29, 1.82) is 0 Å². The lowest BCUT2D eigenvalue weighted by atomic mass is 9.86. The molecule has 1 saturated heterocycles. The van der Waals surface area contributed by atoms with Gasteiger partial charge < -0.3 is 10.6 Å². The first-order valence-electron chi connectivity index (χ1n) is 7.73. The molecule has 1 unspecified atom stereocenters. The number of nitrogens with two attached hydrogens (primary N) is 1. The van der Waals surface area contributed by atoms with Crippen molar-refractivity contribution in [1.82, 2.24) is 0 Å². The predicted octanol–water partition coefficient (Wildman–Crippen LogP) is 3.97. The van der Waals surface area contributed by atoms with E-state index in [1.165, 1.54) is 37.2 Å². The van der Waals surface area contributed by atoms with Crippen LogP contribution in [-0.4, -0.2) is 13.1 Å². The maximum atomic E-state index is 6.25.